The average molecular weight is 178 g/mol. The van der Waals surface area contributed by atoms with E-state index < -0.39 is 12.6 Å². The molecule has 13 heavy (non-hydrogen) atoms. The predicted octanol–water partition coefficient (Wildman–Crippen LogP) is 0.417. The number of aromatic nitrogens is 1. The molecule has 0 aromatic carbocycles. The van der Waals surface area contributed by atoms with Gasteiger partial charge in [0.05, 0.1) is 11.6 Å². The van der Waals surface area contributed by atoms with E-state index in [4.69, 9.17) is 15.1 Å². The molecule has 0 aliphatic heterocycles. The second-order valence-electron chi connectivity index (χ2n) is 2.18. The van der Waals surface area contributed by atoms with Crippen molar-refractivity contribution in [3.8, 4) is 11.9 Å². The number of carboxylic acids is 1. The van der Waals surface area contributed by atoms with Crippen LogP contribution < -0.4 is 4.74 Å². The topological polar surface area (TPSA) is 83.2 Å². The maximum absolute atomic E-state index is 10.1. The highest BCUT2D eigenvalue weighted by Gasteiger charge is 2.00. The van der Waals surface area contributed by atoms with E-state index in [0.717, 1.165) is 0 Å². The van der Waals surface area contributed by atoms with Gasteiger partial charge in [-0.1, -0.05) is 0 Å². The van der Waals surface area contributed by atoms with Crippen molar-refractivity contribution >= 4 is 5.97 Å². The summed E-state index contributed by atoms with van der Waals surface area (Å²) in [6.07, 6.45) is 1.38. The maximum Gasteiger partial charge on any atom is 0.341 e. The number of nitriles is 1. The summed E-state index contributed by atoms with van der Waals surface area (Å²) in [4.78, 5) is 13.8. The van der Waals surface area contributed by atoms with Gasteiger partial charge in [0.2, 0.25) is 5.88 Å². The minimum atomic E-state index is -1.08. The highest BCUT2D eigenvalue weighted by molar-refractivity contribution is 5.68. The summed E-state index contributed by atoms with van der Waals surface area (Å²) in [7, 11) is 0. The second-order valence-corrected chi connectivity index (χ2v) is 2.18. The summed E-state index contributed by atoms with van der Waals surface area (Å²) >= 11 is 0. The minimum absolute atomic E-state index is 0.140. The van der Waals surface area contributed by atoms with Crippen LogP contribution >= 0.6 is 0 Å². The molecule has 0 fully saturated rings. The van der Waals surface area contributed by atoms with Gasteiger partial charge >= 0.3 is 5.97 Å². The molecule has 1 aromatic rings. The Bertz CT molecular complexity index is 357. The van der Waals surface area contributed by atoms with Crippen LogP contribution in [0.3, 0.4) is 0 Å². The third-order valence-corrected chi connectivity index (χ3v) is 1.21. The standard InChI is InChI=1S/C8H6N2O3/c9-4-6-1-2-10-7(3-6)13-5-8(11)12/h1-3H,5H2,(H,11,12). The molecule has 0 spiro atoms. The lowest BCUT2D eigenvalue weighted by molar-refractivity contribution is -0.139. The van der Waals surface area contributed by atoms with Gasteiger partial charge in [-0.3, -0.25) is 0 Å². The van der Waals surface area contributed by atoms with Crippen LogP contribution in [0.4, 0.5) is 0 Å². The Morgan fingerprint density at radius 2 is 2.54 bits per heavy atom. The molecule has 0 unspecified atom stereocenters. The first kappa shape index (κ1) is 9.00. The smallest absolute Gasteiger partial charge is 0.341 e. The Labute approximate surface area is 74.2 Å². The fourth-order valence-corrected chi connectivity index (χ4v) is 0.694. The number of rotatable bonds is 3. The number of ether oxygens (including phenoxy) is 1. The normalized spacial score (nSPS) is 8.85. The fourth-order valence-electron chi connectivity index (χ4n) is 0.694. The number of carboxylic acid groups (broad SMARTS) is 1. The molecule has 1 aromatic heterocycles. The molecular formula is C8H6N2O3. The van der Waals surface area contributed by atoms with Crippen LogP contribution in [0.15, 0.2) is 18.3 Å². The van der Waals surface area contributed by atoms with Crippen LogP contribution in [0.2, 0.25) is 0 Å². The van der Waals surface area contributed by atoms with Crippen molar-refractivity contribution in [3.63, 3.8) is 0 Å². The number of nitrogens with zero attached hydrogens (tertiary/aromatic N) is 2. The molecule has 0 atom stereocenters. The van der Waals surface area contributed by atoms with Crippen molar-refractivity contribution in [2.24, 2.45) is 0 Å². The predicted molar refractivity (Wildman–Crippen MR) is 42.1 cm³/mol. The van der Waals surface area contributed by atoms with E-state index in [1.807, 2.05) is 6.07 Å². The molecular weight excluding hydrogens is 172 g/mol. The summed E-state index contributed by atoms with van der Waals surface area (Å²) in [6.45, 7) is -0.456. The Morgan fingerprint density at radius 3 is 3.15 bits per heavy atom. The van der Waals surface area contributed by atoms with Crippen LogP contribution in [0.25, 0.3) is 0 Å². The minimum Gasteiger partial charge on any atom is -0.479 e. The molecule has 1 N–H and O–H groups in total. The van der Waals surface area contributed by atoms with E-state index in [0.29, 0.717) is 5.56 Å². The average Bonchev–Trinajstić information content (AvgIpc) is 2.15. The van der Waals surface area contributed by atoms with Gasteiger partial charge in [-0.15, -0.1) is 0 Å². The van der Waals surface area contributed by atoms with Gasteiger partial charge in [0.15, 0.2) is 6.61 Å². The first-order valence-electron chi connectivity index (χ1n) is 3.43. The van der Waals surface area contributed by atoms with Crippen molar-refractivity contribution in [1.82, 2.24) is 4.98 Å². The molecule has 5 nitrogen and oxygen atoms in total. The molecule has 0 bridgehead atoms. The molecule has 0 saturated carbocycles. The molecule has 1 rings (SSSR count). The molecule has 0 radical (unpaired) electrons. The summed E-state index contributed by atoms with van der Waals surface area (Å²) in [5, 5.41) is 16.8. The fraction of sp³-hybridized carbons (Fsp3) is 0.125. The lowest BCUT2D eigenvalue weighted by Crippen LogP contribution is -2.10. The lowest BCUT2D eigenvalue weighted by Gasteiger charge is -2.00. The second kappa shape index (κ2) is 4.07. The van der Waals surface area contributed by atoms with Crippen molar-refractivity contribution in [2.45, 2.75) is 0 Å². The van der Waals surface area contributed by atoms with E-state index in [-0.39, 0.29) is 5.88 Å². The summed E-state index contributed by atoms with van der Waals surface area (Å²) < 4.78 is 4.75. The number of hydrogen-bond donors (Lipinski definition) is 1. The molecule has 0 aliphatic carbocycles. The van der Waals surface area contributed by atoms with E-state index in [2.05, 4.69) is 4.98 Å². The zero-order chi connectivity index (χ0) is 9.68. The molecule has 0 amide bonds. The van der Waals surface area contributed by atoms with Crippen LogP contribution in [0.1, 0.15) is 5.56 Å². The first-order chi connectivity index (χ1) is 6.22. The monoisotopic (exact) mass is 178 g/mol. The van der Waals surface area contributed by atoms with Gasteiger partial charge < -0.3 is 9.84 Å². The van der Waals surface area contributed by atoms with E-state index in [1.165, 1.54) is 18.3 Å². The number of carbonyl (C=O) groups is 1. The van der Waals surface area contributed by atoms with Gasteiger partial charge in [0.1, 0.15) is 0 Å². The number of aliphatic carboxylic acids is 1. The molecule has 0 saturated heterocycles. The van der Waals surface area contributed by atoms with Crippen molar-refractivity contribution in [1.29, 1.82) is 5.26 Å². The van der Waals surface area contributed by atoms with E-state index in [9.17, 15) is 4.79 Å². The van der Waals surface area contributed by atoms with E-state index in [1.54, 1.807) is 0 Å². The Hall–Kier alpha value is -2.09. The molecule has 5 heteroatoms. The van der Waals surface area contributed by atoms with Gasteiger partial charge in [0.25, 0.3) is 0 Å². The van der Waals surface area contributed by atoms with Crippen molar-refractivity contribution in [3.05, 3.63) is 23.9 Å². The van der Waals surface area contributed by atoms with Crippen molar-refractivity contribution in [2.75, 3.05) is 6.61 Å². The molecule has 0 aliphatic rings. The highest BCUT2D eigenvalue weighted by atomic mass is 16.5. The molecule has 66 valence electrons. The first-order valence-corrected chi connectivity index (χ1v) is 3.43. The summed E-state index contributed by atoms with van der Waals surface area (Å²) in [5.74, 6) is -0.939. The largest absolute Gasteiger partial charge is 0.479 e. The van der Waals surface area contributed by atoms with E-state index >= 15 is 0 Å². The Morgan fingerprint density at radius 1 is 1.77 bits per heavy atom. The molecule has 1 heterocycles. The Kier molecular flexibility index (Phi) is 2.82. The Balaban J connectivity index is 2.68. The quantitative estimate of drug-likeness (QED) is 0.724. The van der Waals surface area contributed by atoms with Gasteiger partial charge in [-0.05, 0) is 6.07 Å². The van der Waals surface area contributed by atoms with Crippen LogP contribution in [-0.4, -0.2) is 22.7 Å². The van der Waals surface area contributed by atoms with Crippen molar-refractivity contribution < 1.29 is 14.6 Å². The third-order valence-electron chi connectivity index (χ3n) is 1.21. The lowest BCUT2D eigenvalue weighted by atomic mass is 10.3. The highest BCUT2D eigenvalue weighted by Crippen LogP contribution is 2.07. The number of hydrogen-bond acceptors (Lipinski definition) is 4. The zero-order valence-corrected chi connectivity index (χ0v) is 6.60. The SMILES string of the molecule is N#Cc1ccnc(OCC(=O)O)c1. The maximum atomic E-state index is 10.1. The van der Waals surface area contributed by atoms with Gasteiger partial charge in [-0.2, -0.15) is 5.26 Å². The van der Waals surface area contributed by atoms with Gasteiger partial charge in [0, 0.05) is 12.3 Å². The summed E-state index contributed by atoms with van der Waals surface area (Å²) in [6, 6.07) is 4.77. The van der Waals surface area contributed by atoms with Crippen LogP contribution in [0, 0.1) is 11.3 Å². The van der Waals surface area contributed by atoms with Gasteiger partial charge in [-0.25, -0.2) is 9.78 Å². The van der Waals surface area contributed by atoms with Crippen LogP contribution in [0.5, 0.6) is 5.88 Å². The summed E-state index contributed by atoms with van der Waals surface area (Å²) in [5.41, 5.74) is 0.385. The van der Waals surface area contributed by atoms with Crippen LogP contribution in [-0.2, 0) is 4.79 Å². The number of pyridine rings is 1. The third kappa shape index (κ3) is 2.79. The zero-order valence-electron chi connectivity index (χ0n) is 6.60.